The van der Waals surface area contributed by atoms with Crippen LogP contribution < -0.4 is 5.32 Å². The fraction of sp³-hybridized carbons (Fsp3) is 0.500. The molecule has 5 nitrogen and oxygen atoms in total. The molecule has 0 aliphatic rings. The van der Waals surface area contributed by atoms with Crippen molar-refractivity contribution in [2.45, 2.75) is 39.3 Å². The summed E-state index contributed by atoms with van der Waals surface area (Å²) in [6, 6.07) is 6.68. The Balaban J connectivity index is 2.63. The summed E-state index contributed by atoms with van der Waals surface area (Å²) in [5, 5.41) is 11.7. The minimum absolute atomic E-state index is 0.166. The zero-order valence-corrected chi connectivity index (χ0v) is 12.8. The van der Waals surface area contributed by atoms with E-state index in [1.165, 1.54) is 0 Å². The first-order valence-corrected chi connectivity index (χ1v) is 7.01. The minimum Gasteiger partial charge on any atom is -0.480 e. The molecule has 0 spiro atoms. The van der Waals surface area contributed by atoms with Gasteiger partial charge in [0.05, 0.1) is 13.0 Å². The number of methoxy groups -OCH3 is 1. The van der Waals surface area contributed by atoms with E-state index in [1.54, 1.807) is 7.11 Å². The number of hydrogen-bond acceptors (Lipinski definition) is 3. The zero-order chi connectivity index (χ0) is 15.8. The Hall–Kier alpha value is -1.88. The summed E-state index contributed by atoms with van der Waals surface area (Å²) >= 11 is 0. The topological polar surface area (TPSA) is 75.6 Å². The van der Waals surface area contributed by atoms with Gasteiger partial charge < -0.3 is 15.2 Å². The van der Waals surface area contributed by atoms with Crippen molar-refractivity contribution in [2.75, 3.05) is 7.11 Å². The molecule has 1 atom stereocenters. The molecular weight excluding hydrogens is 270 g/mol. The highest BCUT2D eigenvalue weighted by atomic mass is 16.5. The highest BCUT2D eigenvalue weighted by Crippen LogP contribution is 2.09. The van der Waals surface area contributed by atoms with E-state index in [2.05, 4.69) is 5.32 Å². The molecule has 0 saturated heterocycles. The molecule has 0 radical (unpaired) electrons. The van der Waals surface area contributed by atoms with Gasteiger partial charge in [-0.15, -0.1) is 0 Å². The van der Waals surface area contributed by atoms with Crippen LogP contribution in [0.3, 0.4) is 0 Å². The van der Waals surface area contributed by atoms with E-state index in [4.69, 9.17) is 9.84 Å². The molecule has 5 heteroatoms. The van der Waals surface area contributed by atoms with Gasteiger partial charge in [-0.2, -0.15) is 0 Å². The predicted molar refractivity (Wildman–Crippen MR) is 79.9 cm³/mol. The molecular formula is C16H23NO4. The lowest BCUT2D eigenvalue weighted by molar-refractivity contribution is -0.142. The van der Waals surface area contributed by atoms with Gasteiger partial charge in [0.25, 0.3) is 0 Å². The maximum absolute atomic E-state index is 12.0. The van der Waals surface area contributed by atoms with Crippen LogP contribution in [0.1, 0.15) is 31.4 Å². The first-order chi connectivity index (χ1) is 9.92. The van der Waals surface area contributed by atoms with E-state index in [1.807, 2.05) is 38.1 Å². The van der Waals surface area contributed by atoms with Gasteiger partial charge in [-0.05, 0) is 23.5 Å². The molecule has 2 N–H and O–H groups in total. The Bertz CT molecular complexity index is 485. The van der Waals surface area contributed by atoms with Gasteiger partial charge in [0.15, 0.2) is 0 Å². The molecule has 0 fully saturated rings. The van der Waals surface area contributed by atoms with E-state index >= 15 is 0 Å². The molecule has 1 aromatic carbocycles. The monoisotopic (exact) mass is 293 g/mol. The second-order valence-corrected chi connectivity index (χ2v) is 5.52. The van der Waals surface area contributed by atoms with Crippen molar-refractivity contribution in [3.63, 3.8) is 0 Å². The van der Waals surface area contributed by atoms with Gasteiger partial charge in [-0.3, -0.25) is 4.79 Å². The molecule has 0 unspecified atom stereocenters. The average molecular weight is 293 g/mol. The number of ether oxygens (including phenoxy) is 1. The summed E-state index contributed by atoms with van der Waals surface area (Å²) in [7, 11) is 1.61. The van der Waals surface area contributed by atoms with Crippen LogP contribution in [0, 0.1) is 5.92 Å². The number of amides is 1. The van der Waals surface area contributed by atoms with Gasteiger partial charge in [-0.25, -0.2) is 4.79 Å². The van der Waals surface area contributed by atoms with E-state index in [-0.39, 0.29) is 18.2 Å². The molecule has 1 rings (SSSR count). The van der Waals surface area contributed by atoms with Crippen molar-refractivity contribution < 1.29 is 19.4 Å². The quantitative estimate of drug-likeness (QED) is 0.768. The summed E-state index contributed by atoms with van der Waals surface area (Å²) in [4.78, 5) is 23.1. The van der Waals surface area contributed by atoms with Gasteiger partial charge in [0, 0.05) is 7.11 Å². The molecule has 0 aliphatic heterocycles. The standard InChI is InChI=1S/C16H23NO4/c1-11(2)7-14(16(19)20)17-15(18)9-12-5-4-6-13(8-12)10-21-3/h4-6,8,11,14H,7,9-10H2,1-3H3,(H,17,18)(H,19,20)/t14-/m0/s1. The predicted octanol–water partition coefficient (Wildman–Crippen LogP) is 1.99. The number of carboxylic acids is 1. The normalized spacial score (nSPS) is 12.2. The van der Waals surface area contributed by atoms with Crippen molar-refractivity contribution in [3.05, 3.63) is 35.4 Å². The number of carbonyl (C=O) groups is 2. The Kier molecular flexibility index (Phi) is 6.88. The molecule has 0 bridgehead atoms. The fourth-order valence-corrected chi connectivity index (χ4v) is 2.12. The van der Waals surface area contributed by atoms with Crippen molar-refractivity contribution in [2.24, 2.45) is 5.92 Å². The molecule has 116 valence electrons. The van der Waals surface area contributed by atoms with Crippen LogP contribution in [0.25, 0.3) is 0 Å². The Labute approximate surface area is 125 Å². The number of nitrogens with one attached hydrogen (secondary N) is 1. The van der Waals surface area contributed by atoms with Crippen LogP contribution in [0.4, 0.5) is 0 Å². The maximum Gasteiger partial charge on any atom is 0.326 e. The molecule has 0 aromatic heterocycles. The van der Waals surface area contributed by atoms with Crippen molar-refractivity contribution in [1.29, 1.82) is 0 Å². The van der Waals surface area contributed by atoms with Crippen LogP contribution in [-0.4, -0.2) is 30.1 Å². The van der Waals surface area contributed by atoms with Gasteiger partial charge >= 0.3 is 5.97 Å². The average Bonchev–Trinajstić information content (AvgIpc) is 2.38. The van der Waals surface area contributed by atoms with Crippen molar-refractivity contribution in [3.8, 4) is 0 Å². The zero-order valence-electron chi connectivity index (χ0n) is 12.8. The number of aliphatic carboxylic acids is 1. The third-order valence-electron chi connectivity index (χ3n) is 3.01. The smallest absolute Gasteiger partial charge is 0.326 e. The SMILES string of the molecule is COCc1cccc(CC(=O)N[C@@H](CC(C)C)C(=O)O)c1. The van der Waals surface area contributed by atoms with Crippen molar-refractivity contribution >= 4 is 11.9 Å². The Morgan fingerprint density at radius 2 is 1.95 bits per heavy atom. The van der Waals surface area contributed by atoms with E-state index in [9.17, 15) is 9.59 Å². The van der Waals surface area contributed by atoms with Crippen LogP contribution in [-0.2, 0) is 27.4 Å². The van der Waals surface area contributed by atoms with E-state index in [0.29, 0.717) is 13.0 Å². The number of benzene rings is 1. The third kappa shape index (κ3) is 6.40. The summed E-state index contributed by atoms with van der Waals surface area (Å²) in [5.41, 5.74) is 1.83. The molecule has 0 aliphatic carbocycles. The van der Waals surface area contributed by atoms with Crippen LogP contribution in [0.2, 0.25) is 0 Å². The van der Waals surface area contributed by atoms with Crippen LogP contribution >= 0.6 is 0 Å². The third-order valence-corrected chi connectivity index (χ3v) is 3.01. The molecule has 0 saturated carbocycles. The first kappa shape index (κ1) is 17.2. The Morgan fingerprint density at radius 1 is 1.29 bits per heavy atom. The number of hydrogen-bond donors (Lipinski definition) is 2. The first-order valence-electron chi connectivity index (χ1n) is 7.01. The summed E-state index contributed by atoms with van der Waals surface area (Å²) in [5.74, 6) is -1.07. The lowest BCUT2D eigenvalue weighted by Gasteiger charge is -2.16. The molecule has 1 aromatic rings. The Morgan fingerprint density at radius 3 is 2.52 bits per heavy atom. The fourth-order valence-electron chi connectivity index (χ4n) is 2.12. The summed E-state index contributed by atoms with van der Waals surface area (Å²) in [6.07, 6.45) is 0.588. The second-order valence-electron chi connectivity index (χ2n) is 5.52. The number of carboxylic acid groups (broad SMARTS) is 1. The highest BCUT2D eigenvalue weighted by molar-refractivity contribution is 5.84. The largest absolute Gasteiger partial charge is 0.480 e. The highest BCUT2D eigenvalue weighted by Gasteiger charge is 2.20. The number of rotatable bonds is 8. The maximum atomic E-state index is 12.0. The van der Waals surface area contributed by atoms with Gasteiger partial charge in [-0.1, -0.05) is 38.1 Å². The second kappa shape index (κ2) is 8.42. The van der Waals surface area contributed by atoms with E-state index < -0.39 is 12.0 Å². The van der Waals surface area contributed by atoms with Gasteiger partial charge in [0.1, 0.15) is 6.04 Å². The van der Waals surface area contributed by atoms with Crippen LogP contribution in [0.15, 0.2) is 24.3 Å². The van der Waals surface area contributed by atoms with Gasteiger partial charge in [0.2, 0.25) is 5.91 Å². The number of carbonyl (C=O) groups excluding carboxylic acids is 1. The van der Waals surface area contributed by atoms with Crippen molar-refractivity contribution in [1.82, 2.24) is 5.32 Å². The molecule has 0 heterocycles. The lowest BCUT2D eigenvalue weighted by atomic mass is 10.0. The summed E-state index contributed by atoms with van der Waals surface area (Å²) in [6.45, 7) is 4.34. The molecule has 1 amide bonds. The minimum atomic E-state index is -0.995. The molecule has 21 heavy (non-hydrogen) atoms. The summed E-state index contributed by atoms with van der Waals surface area (Å²) < 4.78 is 5.05. The lowest BCUT2D eigenvalue weighted by Crippen LogP contribution is -2.42. The van der Waals surface area contributed by atoms with Crippen LogP contribution in [0.5, 0.6) is 0 Å². The van der Waals surface area contributed by atoms with E-state index in [0.717, 1.165) is 11.1 Å².